The Bertz CT molecular complexity index is 1400. The SMILES string of the molecule is Cc1cccc(COc2ccc(/C=C3\SC(=O)N(Cc4cccc5ccccc45)C3=O)cc2)c1. The summed E-state index contributed by atoms with van der Waals surface area (Å²) in [5, 5.41) is 1.89. The molecule has 4 aromatic carbocycles. The van der Waals surface area contributed by atoms with E-state index in [2.05, 4.69) is 19.1 Å². The monoisotopic (exact) mass is 465 g/mol. The van der Waals surface area contributed by atoms with Crippen molar-refractivity contribution in [3.8, 4) is 5.75 Å². The molecule has 0 atom stereocenters. The molecule has 0 aliphatic carbocycles. The highest BCUT2D eigenvalue weighted by Crippen LogP contribution is 2.34. The molecule has 1 saturated heterocycles. The van der Waals surface area contributed by atoms with Crippen molar-refractivity contribution in [2.45, 2.75) is 20.1 Å². The molecule has 5 rings (SSSR count). The summed E-state index contributed by atoms with van der Waals surface area (Å²) in [6.45, 7) is 2.81. The number of hydrogen-bond acceptors (Lipinski definition) is 4. The van der Waals surface area contributed by atoms with Gasteiger partial charge in [0.15, 0.2) is 0 Å². The summed E-state index contributed by atoms with van der Waals surface area (Å²) in [7, 11) is 0. The average Bonchev–Trinajstić information content (AvgIpc) is 3.11. The third-order valence-electron chi connectivity index (χ3n) is 5.75. The highest BCUT2D eigenvalue weighted by Gasteiger charge is 2.35. The number of carbonyl (C=O) groups is 2. The van der Waals surface area contributed by atoms with E-state index >= 15 is 0 Å². The van der Waals surface area contributed by atoms with E-state index in [1.165, 1.54) is 10.5 Å². The molecule has 1 fully saturated rings. The van der Waals surface area contributed by atoms with E-state index in [9.17, 15) is 9.59 Å². The number of ether oxygens (including phenoxy) is 1. The number of imide groups is 1. The molecule has 0 N–H and O–H groups in total. The zero-order chi connectivity index (χ0) is 23.5. The smallest absolute Gasteiger partial charge is 0.293 e. The maximum Gasteiger partial charge on any atom is 0.293 e. The largest absolute Gasteiger partial charge is 0.489 e. The standard InChI is InChI=1S/C29H23NO3S/c1-20-6-4-7-22(16-20)19-33-25-14-12-21(13-15-25)17-27-28(31)30(29(32)34-27)18-24-10-5-9-23-8-2-3-11-26(23)24/h2-17H,18-19H2,1H3/b27-17-. The summed E-state index contributed by atoms with van der Waals surface area (Å²) < 4.78 is 5.87. The van der Waals surface area contributed by atoms with Crippen molar-refractivity contribution in [2.24, 2.45) is 0 Å². The van der Waals surface area contributed by atoms with Crippen LogP contribution in [0.5, 0.6) is 5.75 Å². The number of amides is 2. The van der Waals surface area contributed by atoms with Crippen LogP contribution in [0.3, 0.4) is 0 Å². The molecule has 1 aliphatic heterocycles. The molecule has 1 aliphatic rings. The molecule has 4 nitrogen and oxygen atoms in total. The normalized spacial score (nSPS) is 14.9. The number of nitrogens with zero attached hydrogens (tertiary/aromatic N) is 1. The maximum atomic E-state index is 13.0. The van der Waals surface area contributed by atoms with Crippen LogP contribution in [0.2, 0.25) is 0 Å². The van der Waals surface area contributed by atoms with E-state index in [0.717, 1.165) is 45.0 Å². The fraction of sp³-hybridized carbons (Fsp3) is 0.103. The van der Waals surface area contributed by atoms with Crippen molar-refractivity contribution in [1.29, 1.82) is 0 Å². The summed E-state index contributed by atoms with van der Waals surface area (Å²) in [4.78, 5) is 27.4. The van der Waals surface area contributed by atoms with Gasteiger partial charge in [-0.1, -0.05) is 84.4 Å². The first kappa shape index (κ1) is 22.0. The third kappa shape index (κ3) is 4.75. The summed E-state index contributed by atoms with van der Waals surface area (Å²) in [5.41, 5.74) is 4.12. The second-order valence-corrected chi connectivity index (χ2v) is 9.25. The van der Waals surface area contributed by atoms with Crippen LogP contribution in [-0.2, 0) is 17.9 Å². The highest BCUT2D eigenvalue weighted by molar-refractivity contribution is 8.18. The molecule has 0 aromatic heterocycles. The second-order valence-electron chi connectivity index (χ2n) is 8.25. The van der Waals surface area contributed by atoms with Crippen LogP contribution in [0.4, 0.5) is 4.79 Å². The summed E-state index contributed by atoms with van der Waals surface area (Å²) in [6, 6.07) is 29.7. The summed E-state index contributed by atoms with van der Waals surface area (Å²) in [6.07, 6.45) is 1.76. The zero-order valence-corrected chi connectivity index (χ0v) is 19.5. The number of benzene rings is 4. The van der Waals surface area contributed by atoms with Crippen molar-refractivity contribution in [1.82, 2.24) is 4.90 Å². The van der Waals surface area contributed by atoms with Crippen molar-refractivity contribution >= 4 is 39.8 Å². The van der Waals surface area contributed by atoms with E-state index < -0.39 is 0 Å². The van der Waals surface area contributed by atoms with E-state index in [-0.39, 0.29) is 17.7 Å². The van der Waals surface area contributed by atoms with Crippen LogP contribution in [0.25, 0.3) is 16.8 Å². The molecular formula is C29H23NO3S. The second kappa shape index (κ2) is 9.57. The number of thioether (sulfide) groups is 1. The van der Waals surface area contributed by atoms with Gasteiger partial charge < -0.3 is 4.74 Å². The number of hydrogen-bond donors (Lipinski definition) is 0. The van der Waals surface area contributed by atoms with Gasteiger partial charge in [0, 0.05) is 0 Å². The van der Waals surface area contributed by atoms with Crippen LogP contribution < -0.4 is 4.74 Å². The lowest BCUT2D eigenvalue weighted by atomic mass is 10.0. The predicted octanol–water partition coefficient (Wildman–Crippen LogP) is 6.96. The molecule has 168 valence electrons. The molecule has 4 aromatic rings. The van der Waals surface area contributed by atoms with Gasteiger partial charge in [-0.25, -0.2) is 0 Å². The minimum absolute atomic E-state index is 0.248. The lowest BCUT2D eigenvalue weighted by Gasteiger charge is -2.14. The fourth-order valence-electron chi connectivity index (χ4n) is 4.02. The number of aryl methyl sites for hydroxylation is 1. The van der Waals surface area contributed by atoms with Crippen LogP contribution in [0.15, 0.2) is 95.9 Å². The Hall–Kier alpha value is -3.83. The van der Waals surface area contributed by atoms with E-state index in [1.807, 2.05) is 78.9 Å². The van der Waals surface area contributed by atoms with Crippen molar-refractivity contribution in [2.75, 3.05) is 0 Å². The van der Waals surface area contributed by atoms with Gasteiger partial charge in [-0.3, -0.25) is 14.5 Å². The predicted molar refractivity (Wildman–Crippen MR) is 137 cm³/mol. The van der Waals surface area contributed by atoms with Gasteiger partial charge >= 0.3 is 0 Å². The Balaban J connectivity index is 1.28. The van der Waals surface area contributed by atoms with Gasteiger partial charge in [0.2, 0.25) is 0 Å². The minimum Gasteiger partial charge on any atom is -0.489 e. The first-order chi connectivity index (χ1) is 16.6. The minimum atomic E-state index is -0.261. The van der Waals surface area contributed by atoms with Crippen molar-refractivity contribution in [3.63, 3.8) is 0 Å². The first-order valence-electron chi connectivity index (χ1n) is 11.1. The van der Waals surface area contributed by atoms with Crippen LogP contribution in [-0.4, -0.2) is 16.0 Å². The molecule has 0 spiro atoms. The van der Waals surface area contributed by atoms with Crippen LogP contribution in [0.1, 0.15) is 22.3 Å². The van der Waals surface area contributed by atoms with Crippen molar-refractivity contribution < 1.29 is 14.3 Å². The molecule has 34 heavy (non-hydrogen) atoms. The Morgan fingerprint density at radius 3 is 2.47 bits per heavy atom. The van der Waals surface area contributed by atoms with E-state index in [4.69, 9.17) is 4.74 Å². The van der Waals surface area contributed by atoms with Gasteiger partial charge in [-0.05, 0) is 64.4 Å². The number of fused-ring (bicyclic) bond motifs is 1. The van der Waals surface area contributed by atoms with E-state index in [0.29, 0.717) is 11.5 Å². The van der Waals surface area contributed by atoms with Gasteiger partial charge in [0.25, 0.3) is 11.1 Å². The van der Waals surface area contributed by atoms with Crippen molar-refractivity contribution in [3.05, 3.63) is 118 Å². The van der Waals surface area contributed by atoms with Gasteiger partial charge in [-0.2, -0.15) is 0 Å². The molecule has 0 saturated carbocycles. The number of rotatable bonds is 6. The van der Waals surface area contributed by atoms with Crippen LogP contribution in [0, 0.1) is 6.92 Å². The molecule has 2 amide bonds. The highest BCUT2D eigenvalue weighted by atomic mass is 32.2. The molecular weight excluding hydrogens is 442 g/mol. The molecule has 0 unspecified atom stereocenters. The Labute approximate surface area is 202 Å². The average molecular weight is 466 g/mol. The lowest BCUT2D eigenvalue weighted by Crippen LogP contribution is -2.27. The van der Waals surface area contributed by atoms with Crippen LogP contribution >= 0.6 is 11.8 Å². The third-order valence-corrected chi connectivity index (χ3v) is 6.66. The molecule has 0 radical (unpaired) electrons. The van der Waals surface area contributed by atoms with E-state index in [1.54, 1.807) is 6.08 Å². The Morgan fingerprint density at radius 1 is 0.882 bits per heavy atom. The van der Waals surface area contributed by atoms with Gasteiger partial charge in [-0.15, -0.1) is 0 Å². The summed E-state index contributed by atoms with van der Waals surface area (Å²) in [5.74, 6) is 0.491. The molecule has 0 bridgehead atoms. The lowest BCUT2D eigenvalue weighted by molar-refractivity contribution is -0.123. The number of carbonyl (C=O) groups excluding carboxylic acids is 2. The first-order valence-corrected chi connectivity index (χ1v) is 11.9. The maximum absolute atomic E-state index is 13.0. The van der Waals surface area contributed by atoms with Gasteiger partial charge in [0.1, 0.15) is 12.4 Å². The topological polar surface area (TPSA) is 46.6 Å². The zero-order valence-electron chi connectivity index (χ0n) is 18.7. The quantitative estimate of drug-likeness (QED) is 0.289. The molecule has 1 heterocycles. The Kier molecular flexibility index (Phi) is 6.19. The molecule has 5 heteroatoms. The van der Waals surface area contributed by atoms with Gasteiger partial charge in [0.05, 0.1) is 11.4 Å². The fourth-order valence-corrected chi connectivity index (χ4v) is 4.86. The Morgan fingerprint density at radius 2 is 1.65 bits per heavy atom. The summed E-state index contributed by atoms with van der Waals surface area (Å²) >= 11 is 0.982.